The number of allylic oxidation sites excluding steroid dienone is 2. The molecule has 0 aromatic heterocycles. The number of fused-ring (bicyclic) bond motifs is 7. The van der Waals surface area contributed by atoms with E-state index < -0.39 is 11.4 Å². The summed E-state index contributed by atoms with van der Waals surface area (Å²) in [5, 5.41) is 13.7. The van der Waals surface area contributed by atoms with Crippen molar-refractivity contribution >= 4 is 5.97 Å². The van der Waals surface area contributed by atoms with Gasteiger partial charge in [0.05, 0.1) is 11.5 Å². The summed E-state index contributed by atoms with van der Waals surface area (Å²) in [7, 11) is 0. The molecular weight excluding hydrogens is 422 g/mol. The van der Waals surface area contributed by atoms with Crippen molar-refractivity contribution in [2.45, 2.75) is 119 Å². The number of carboxylic acid groups (broad SMARTS) is 1. The normalized spacial score (nSPS) is 53.9. The van der Waals surface area contributed by atoms with Crippen LogP contribution in [0.15, 0.2) is 16.8 Å². The Morgan fingerprint density at radius 3 is 2.24 bits per heavy atom. The maximum atomic E-state index is 12.2. The Labute approximate surface area is 206 Å². The largest absolute Gasteiger partial charge is 0.481 e. The van der Waals surface area contributed by atoms with E-state index in [1.54, 1.807) is 5.57 Å². The van der Waals surface area contributed by atoms with Crippen LogP contribution in [-0.2, 0) is 4.79 Å². The van der Waals surface area contributed by atoms with Crippen LogP contribution in [-0.4, -0.2) is 17.1 Å². The minimum Gasteiger partial charge on any atom is -0.481 e. The lowest BCUT2D eigenvalue weighted by Crippen LogP contribution is -2.64. The zero-order valence-corrected chi connectivity index (χ0v) is 22.7. The quantitative estimate of drug-likeness (QED) is 0.329. The number of carbonyl (C=O) groups is 1. The molecule has 4 fully saturated rings. The fourth-order valence-corrected chi connectivity index (χ4v) is 10.7. The number of aliphatic carboxylic acids is 1. The topological polar surface area (TPSA) is 66.7 Å². The second-order valence-corrected chi connectivity index (χ2v) is 15.1. The molecule has 0 saturated heterocycles. The summed E-state index contributed by atoms with van der Waals surface area (Å²) in [6, 6.07) is -0.0634. The first kappa shape index (κ1) is 24.5. The van der Waals surface area contributed by atoms with Crippen LogP contribution in [0.3, 0.4) is 0 Å². The monoisotopic (exact) mass is 469 g/mol. The van der Waals surface area contributed by atoms with Gasteiger partial charge in [0.15, 0.2) is 0 Å². The van der Waals surface area contributed by atoms with Gasteiger partial charge in [0, 0.05) is 0 Å². The van der Waals surface area contributed by atoms with E-state index in [0.29, 0.717) is 17.8 Å². The number of hydrogen-bond acceptors (Lipinski definition) is 3. The summed E-state index contributed by atoms with van der Waals surface area (Å²) < 4.78 is 0. The Bertz CT molecular complexity index is 939. The zero-order valence-electron chi connectivity index (χ0n) is 22.7. The minimum absolute atomic E-state index is 0.0429. The highest BCUT2D eigenvalue weighted by molar-refractivity contribution is 5.74. The van der Waals surface area contributed by atoms with Crippen LogP contribution in [0.5, 0.6) is 0 Å². The molecule has 0 aromatic carbocycles. The van der Waals surface area contributed by atoms with Crippen LogP contribution in [0, 0.1) is 55.2 Å². The first-order valence-corrected chi connectivity index (χ1v) is 13.9. The summed E-state index contributed by atoms with van der Waals surface area (Å²) >= 11 is 0. The minimum atomic E-state index is -0.613. The van der Waals surface area contributed by atoms with E-state index >= 15 is 0 Å². The molecule has 5 aliphatic carbocycles. The highest BCUT2D eigenvalue weighted by Crippen LogP contribution is 2.75. The van der Waals surface area contributed by atoms with Crippen molar-refractivity contribution < 1.29 is 9.90 Å². The Balaban J connectivity index is 1.56. The van der Waals surface area contributed by atoms with Crippen molar-refractivity contribution in [1.29, 1.82) is 0 Å². The van der Waals surface area contributed by atoms with E-state index in [1.165, 1.54) is 25.7 Å². The van der Waals surface area contributed by atoms with Crippen molar-refractivity contribution in [3.05, 3.63) is 16.6 Å². The molecule has 0 aromatic rings. The first-order chi connectivity index (χ1) is 15.7. The lowest BCUT2D eigenvalue weighted by Gasteiger charge is -2.71. The van der Waals surface area contributed by atoms with Crippen molar-refractivity contribution in [2.75, 3.05) is 0 Å². The average molecular weight is 470 g/mol. The molecule has 4 heteroatoms. The van der Waals surface area contributed by atoms with Gasteiger partial charge in [-0.2, -0.15) is 4.91 Å². The van der Waals surface area contributed by atoms with Gasteiger partial charge in [-0.3, -0.25) is 4.79 Å². The molecule has 0 aliphatic heterocycles. The molecule has 4 saturated carbocycles. The van der Waals surface area contributed by atoms with Gasteiger partial charge < -0.3 is 5.11 Å². The third-order valence-electron chi connectivity index (χ3n) is 13.5. The molecule has 9 atom stereocenters. The molecule has 5 rings (SSSR count). The molecule has 0 amide bonds. The molecule has 1 N–H and O–H groups in total. The number of nitrogens with zero attached hydrogens (tertiary/aromatic N) is 1. The average Bonchev–Trinajstić information content (AvgIpc) is 2.75. The number of carboxylic acids is 1. The van der Waals surface area contributed by atoms with Crippen LogP contribution < -0.4 is 0 Å². The second-order valence-electron chi connectivity index (χ2n) is 15.1. The standard InChI is InChI=1S/C30H47NO3/c1-25(2)21-10-13-30(7)22(28(21,5)12-11-23(25)31-34)9-8-19-20-18-27(4,24(32)33)15-14-26(20,3)16-17-29(19,30)6/h8,20-23H,9-18H2,1-7H3,(H,32,33). The first-order valence-electron chi connectivity index (χ1n) is 13.9. The maximum Gasteiger partial charge on any atom is 0.309 e. The van der Waals surface area contributed by atoms with Gasteiger partial charge in [0.1, 0.15) is 0 Å². The van der Waals surface area contributed by atoms with Gasteiger partial charge in [-0.05, 0) is 116 Å². The van der Waals surface area contributed by atoms with Crippen molar-refractivity contribution in [3.8, 4) is 0 Å². The van der Waals surface area contributed by atoms with E-state index in [0.717, 1.165) is 38.5 Å². The van der Waals surface area contributed by atoms with E-state index in [9.17, 15) is 14.8 Å². The van der Waals surface area contributed by atoms with Crippen molar-refractivity contribution in [1.82, 2.24) is 0 Å². The van der Waals surface area contributed by atoms with Gasteiger partial charge in [-0.1, -0.05) is 58.4 Å². The van der Waals surface area contributed by atoms with E-state index in [4.69, 9.17) is 0 Å². The van der Waals surface area contributed by atoms with Crippen LogP contribution in [0.1, 0.15) is 113 Å². The van der Waals surface area contributed by atoms with E-state index in [-0.39, 0.29) is 33.1 Å². The van der Waals surface area contributed by atoms with Gasteiger partial charge in [-0.15, -0.1) is 0 Å². The van der Waals surface area contributed by atoms with Crippen LogP contribution in [0.25, 0.3) is 0 Å². The summed E-state index contributed by atoms with van der Waals surface area (Å²) in [5.74, 6) is 0.916. The fraction of sp³-hybridized carbons (Fsp3) is 0.900. The molecule has 5 aliphatic rings. The summed E-state index contributed by atoms with van der Waals surface area (Å²) in [4.78, 5) is 24.0. The zero-order chi connectivity index (χ0) is 24.9. The van der Waals surface area contributed by atoms with E-state index in [1.807, 2.05) is 6.92 Å². The SMILES string of the molecule is CC1(C(=O)O)CCC2(C)CCC3(C)C(=CCC4C5(C)CCC(N=O)C(C)(C)C5CCC43C)C2C1. The molecule has 9 unspecified atom stereocenters. The molecule has 4 nitrogen and oxygen atoms in total. The number of hydrogen-bond donors (Lipinski definition) is 1. The Hall–Kier alpha value is -1.19. The second kappa shape index (κ2) is 7.19. The third-order valence-corrected chi connectivity index (χ3v) is 13.5. The van der Waals surface area contributed by atoms with Crippen LogP contribution >= 0.6 is 0 Å². The summed E-state index contributed by atoms with van der Waals surface area (Å²) in [6.45, 7) is 16.7. The van der Waals surface area contributed by atoms with Gasteiger partial charge in [-0.25, -0.2) is 0 Å². The molecular formula is C30H47NO3. The fourth-order valence-electron chi connectivity index (χ4n) is 10.7. The van der Waals surface area contributed by atoms with Gasteiger partial charge in [0.2, 0.25) is 0 Å². The predicted octanol–water partition coefficient (Wildman–Crippen LogP) is 8.01. The summed E-state index contributed by atoms with van der Waals surface area (Å²) in [6.07, 6.45) is 13.2. The summed E-state index contributed by atoms with van der Waals surface area (Å²) in [5.41, 5.74) is 1.78. The molecule has 0 bridgehead atoms. The maximum absolute atomic E-state index is 12.2. The highest BCUT2D eigenvalue weighted by atomic mass is 16.4. The van der Waals surface area contributed by atoms with Gasteiger partial charge in [0.25, 0.3) is 0 Å². The highest BCUT2D eigenvalue weighted by Gasteiger charge is 2.68. The Morgan fingerprint density at radius 2 is 1.59 bits per heavy atom. The third kappa shape index (κ3) is 2.86. The van der Waals surface area contributed by atoms with E-state index in [2.05, 4.69) is 52.8 Å². The van der Waals surface area contributed by atoms with Crippen LogP contribution in [0.4, 0.5) is 0 Å². The smallest absolute Gasteiger partial charge is 0.309 e. The molecule has 0 radical (unpaired) electrons. The molecule has 0 spiro atoms. The lowest BCUT2D eigenvalue weighted by atomic mass is 9.33. The lowest BCUT2D eigenvalue weighted by molar-refractivity contribution is -0.184. The van der Waals surface area contributed by atoms with Crippen molar-refractivity contribution in [3.63, 3.8) is 0 Å². The van der Waals surface area contributed by atoms with Crippen molar-refractivity contribution in [2.24, 2.45) is 55.4 Å². The predicted molar refractivity (Wildman–Crippen MR) is 136 cm³/mol. The molecule has 190 valence electrons. The number of nitroso groups, excluding NO2 is 1. The Morgan fingerprint density at radius 1 is 0.912 bits per heavy atom. The molecule has 34 heavy (non-hydrogen) atoms. The molecule has 0 heterocycles. The Kier molecular flexibility index (Phi) is 5.18. The van der Waals surface area contributed by atoms with Crippen LogP contribution in [0.2, 0.25) is 0 Å². The number of rotatable bonds is 2. The van der Waals surface area contributed by atoms with Gasteiger partial charge >= 0.3 is 5.97 Å².